The van der Waals surface area contributed by atoms with Gasteiger partial charge in [-0.3, -0.25) is 4.79 Å². The monoisotopic (exact) mass is 463 g/mol. The fraction of sp³-hybridized carbons (Fsp3) is 0.267. The van der Waals surface area contributed by atoms with Crippen LogP contribution in [0.1, 0.15) is 22.2 Å². The van der Waals surface area contributed by atoms with Crippen molar-refractivity contribution in [2.75, 3.05) is 7.05 Å². The van der Waals surface area contributed by atoms with E-state index in [0.29, 0.717) is 0 Å². The molecule has 0 aliphatic rings. The smallest absolute Gasteiger partial charge is 0.254 e. The number of carbonyl (C=O) groups excluding carboxylic acids is 1. The van der Waals surface area contributed by atoms with Crippen molar-refractivity contribution in [2.45, 2.75) is 19.4 Å². The van der Waals surface area contributed by atoms with Gasteiger partial charge in [-0.25, -0.2) is 0 Å². The first kappa shape index (κ1) is 16.0. The van der Waals surface area contributed by atoms with E-state index < -0.39 is 0 Å². The van der Waals surface area contributed by atoms with E-state index in [4.69, 9.17) is 0 Å². The Morgan fingerprint density at radius 2 is 2.20 bits per heavy atom. The molecule has 106 valence electrons. The van der Waals surface area contributed by atoms with Gasteiger partial charge in [-0.1, -0.05) is 22.0 Å². The zero-order valence-electron chi connectivity index (χ0n) is 11.3. The lowest BCUT2D eigenvalue weighted by Gasteiger charge is -2.25. The Hall–Kier alpha value is -0.400. The van der Waals surface area contributed by atoms with Crippen LogP contribution in [0, 0.1) is 3.57 Å². The molecule has 2 rings (SSSR count). The molecule has 0 spiro atoms. The molecule has 5 heteroatoms. The fourth-order valence-electron chi connectivity index (χ4n) is 1.91. The van der Waals surface area contributed by atoms with Gasteiger partial charge in [-0.15, -0.1) is 11.3 Å². The summed E-state index contributed by atoms with van der Waals surface area (Å²) < 4.78 is 1.91. The van der Waals surface area contributed by atoms with Gasteiger partial charge in [0.2, 0.25) is 0 Å². The minimum Gasteiger partial charge on any atom is -0.339 e. The van der Waals surface area contributed by atoms with Crippen LogP contribution >= 0.6 is 49.9 Å². The molecule has 0 aliphatic carbocycles. The van der Waals surface area contributed by atoms with Crippen molar-refractivity contribution in [1.29, 1.82) is 0 Å². The number of benzene rings is 1. The van der Waals surface area contributed by atoms with Crippen LogP contribution in [0.2, 0.25) is 0 Å². The predicted octanol–water partition coefficient (Wildman–Crippen LogP) is 4.82. The Balaban J connectivity index is 2.13. The van der Waals surface area contributed by atoms with Crippen LogP contribution in [0.15, 0.2) is 40.2 Å². The normalized spacial score (nSPS) is 12.2. The molecule has 1 unspecified atom stereocenters. The molecule has 2 aromatic rings. The van der Waals surface area contributed by atoms with Crippen molar-refractivity contribution in [3.8, 4) is 0 Å². The summed E-state index contributed by atoms with van der Waals surface area (Å²) in [7, 11) is 1.87. The van der Waals surface area contributed by atoms with Crippen molar-refractivity contribution in [1.82, 2.24) is 4.90 Å². The second-order valence-electron chi connectivity index (χ2n) is 4.67. The molecule has 1 amide bonds. The van der Waals surface area contributed by atoms with Gasteiger partial charge in [0.25, 0.3) is 5.91 Å². The standard InChI is InChI=1S/C15H15BrINOS/c1-10(8-12-4-3-7-20-12)18(2)15(19)13-9-11(16)5-6-14(13)17/h3-7,9-10H,8H2,1-2H3. The van der Waals surface area contributed by atoms with E-state index >= 15 is 0 Å². The summed E-state index contributed by atoms with van der Waals surface area (Å²) in [6.45, 7) is 2.09. The van der Waals surface area contributed by atoms with E-state index in [0.717, 1.165) is 20.0 Å². The number of carbonyl (C=O) groups is 1. The summed E-state index contributed by atoms with van der Waals surface area (Å²) in [5.74, 6) is 0.0692. The van der Waals surface area contributed by atoms with Crippen molar-refractivity contribution in [3.05, 3.63) is 54.2 Å². The number of rotatable bonds is 4. The number of hydrogen-bond donors (Lipinski definition) is 0. The molecule has 1 atom stereocenters. The van der Waals surface area contributed by atoms with Gasteiger partial charge in [0.15, 0.2) is 0 Å². The Morgan fingerprint density at radius 3 is 2.85 bits per heavy atom. The third-order valence-corrected chi connectivity index (χ3v) is 5.55. The Kier molecular flexibility index (Phi) is 5.63. The molecule has 0 radical (unpaired) electrons. The molecule has 0 saturated carbocycles. The van der Waals surface area contributed by atoms with Crippen LogP contribution in [0.4, 0.5) is 0 Å². The zero-order chi connectivity index (χ0) is 14.7. The summed E-state index contributed by atoms with van der Waals surface area (Å²) in [5, 5.41) is 2.07. The number of thiophene rings is 1. The molecule has 1 aromatic carbocycles. The van der Waals surface area contributed by atoms with Gasteiger partial charge in [0, 0.05) is 32.4 Å². The second-order valence-corrected chi connectivity index (χ2v) is 7.78. The van der Waals surface area contributed by atoms with Crippen molar-refractivity contribution in [2.24, 2.45) is 0 Å². The lowest BCUT2D eigenvalue weighted by molar-refractivity contribution is 0.0743. The van der Waals surface area contributed by atoms with Gasteiger partial charge in [-0.2, -0.15) is 0 Å². The number of amides is 1. The number of halogens is 2. The Bertz CT molecular complexity index is 600. The molecule has 0 saturated heterocycles. The van der Waals surface area contributed by atoms with Crippen LogP contribution in [0.5, 0.6) is 0 Å². The van der Waals surface area contributed by atoms with E-state index in [-0.39, 0.29) is 11.9 Å². The third-order valence-electron chi connectivity index (χ3n) is 3.22. The quantitative estimate of drug-likeness (QED) is 0.595. The maximum absolute atomic E-state index is 12.6. The van der Waals surface area contributed by atoms with E-state index in [2.05, 4.69) is 56.9 Å². The largest absolute Gasteiger partial charge is 0.339 e. The van der Waals surface area contributed by atoms with Crippen LogP contribution < -0.4 is 0 Å². The van der Waals surface area contributed by atoms with Gasteiger partial charge in [-0.05, 0) is 59.2 Å². The van der Waals surface area contributed by atoms with Gasteiger partial charge in [0.1, 0.15) is 0 Å². The summed E-state index contributed by atoms with van der Waals surface area (Å²) in [5.41, 5.74) is 0.750. The zero-order valence-corrected chi connectivity index (χ0v) is 15.8. The van der Waals surface area contributed by atoms with Crippen LogP contribution in [-0.2, 0) is 6.42 Å². The molecule has 0 N–H and O–H groups in total. The SMILES string of the molecule is CC(Cc1cccs1)N(C)C(=O)c1cc(Br)ccc1I. The van der Waals surface area contributed by atoms with Gasteiger partial charge in [0.05, 0.1) is 5.56 Å². The van der Waals surface area contributed by atoms with Crippen molar-refractivity contribution >= 4 is 55.8 Å². The fourth-order valence-corrected chi connectivity index (χ4v) is 3.66. The molecule has 20 heavy (non-hydrogen) atoms. The van der Waals surface area contributed by atoms with Gasteiger partial charge < -0.3 is 4.90 Å². The highest BCUT2D eigenvalue weighted by Crippen LogP contribution is 2.21. The maximum atomic E-state index is 12.6. The molecule has 2 nitrogen and oxygen atoms in total. The highest BCUT2D eigenvalue weighted by Gasteiger charge is 2.20. The maximum Gasteiger partial charge on any atom is 0.254 e. The average molecular weight is 464 g/mol. The third kappa shape index (κ3) is 3.83. The summed E-state index contributed by atoms with van der Waals surface area (Å²) in [4.78, 5) is 15.7. The highest BCUT2D eigenvalue weighted by molar-refractivity contribution is 14.1. The molecule has 1 heterocycles. The van der Waals surface area contributed by atoms with Crippen LogP contribution in [0.3, 0.4) is 0 Å². The van der Waals surface area contributed by atoms with E-state index in [1.54, 1.807) is 11.3 Å². The second kappa shape index (κ2) is 7.04. The van der Waals surface area contributed by atoms with Crippen molar-refractivity contribution < 1.29 is 4.79 Å². The summed E-state index contributed by atoms with van der Waals surface area (Å²) >= 11 is 7.37. The average Bonchev–Trinajstić information content (AvgIpc) is 2.92. The minimum atomic E-state index is 0.0692. The van der Waals surface area contributed by atoms with E-state index in [9.17, 15) is 4.79 Å². The lowest BCUT2D eigenvalue weighted by Crippen LogP contribution is -2.36. The summed E-state index contributed by atoms with van der Waals surface area (Å²) in [6.07, 6.45) is 0.893. The van der Waals surface area contributed by atoms with Crippen molar-refractivity contribution in [3.63, 3.8) is 0 Å². The number of likely N-dealkylation sites (N-methyl/N-ethyl adjacent to an activating group) is 1. The van der Waals surface area contributed by atoms with Crippen LogP contribution in [0.25, 0.3) is 0 Å². The lowest BCUT2D eigenvalue weighted by atomic mass is 10.1. The number of hydrogen-bond acceptors (Lipinski definition) is 2. The predicted molar refractivity (Wildman–Crippen MR) is 96.4 cm³/mol. The van der Waals surface area contributed by atoms with E-state index in [1.165, 1.54) is 4.88 Å². The summed E-state index contributed by atoms with van der Waals surface area (Å²) in [6, 6.07) is 10.1. The van der Waals surface area contributed by atoms with Gasteiger partial charge >= 0.3 is 0 Å². The molecule has 0 bridgehead atoms. The first-order valence-corrected chi connectivity index (χ1v) is 8.98. The Labute approximate surface area is 145 Å². The first-order chi connectivity index (χ1) is 9.49. The molecular weight excluding hydrogens is 449 g/mol. The van der Waals surface area contributed by atoms with Crippen LogP contribution in [-0.4, -0.2) is 23.9 Å². The minimum absolute atomic E-state index is 0.0692. The molecule has 0 fully saturated rings. The Morgan fingerprint density at radius 1 is 1.45 bits per heavy atom. The van der Waals surface area contributed by atoms with E-state index in [1.807, 2.05) is 36.2 Å². The number of nitrogens with zero attached hydrogens (tertiary/aromatic N) is 1. The molecule has 1 aromatic heterocycles. The molecule has 0 aliphatic heterocycles. The highest BCUT2D eigenvalue weighted by atomic mass is 127. The topological polar surface area (TPSA) is 20.3 Å². The molecular formula is C15H15BrINOS. The first-order valence-electron chi connectivity index (χ1n) is 6.23.